The minimum atomic E-state index is -0.651. The second-order valence-corrected chi connectivity index (χ2v) is 7.04. The van der Waals surface area contributed by atoms with Gasteiger partial charge in [0.2, 0.25) is 5.91 Å². The molecule has 1 aromatic carbocycles. The topological polar surface area (TPSA) is 59.1 Å². The fraction of sp³-hybridized carbons (Fsp3) is 0.600. The number of methoxy groups -OCH3 is 1. The van der Waals surface area contributed by atoms with Crippen molar-refractivity contribution in [3.8, 4) is 11.5 Å². The molecule has 2 heterocycles. The van der Waals surface area contributed by atoms with E-state index in [1.807, 2.05) is 17.0 Å². The van der Waals surface area contributed by atoms with Gasteiger partial charge in [-0.2, -0.15) is 0 Å². The molecule has 0 bridgehead atoms. The molecule has 1 spiro atoms. The number of piperidine rings is 1. The highest BCUT2D eigenvalue weighted by atomic mass is 16.5. The first kappa shape index (κ1) is 18.5. The lowest BCUT2D eigenvalue weighted by Gasteiger charge is -2.44. The van der Waals surface area contributed by atoms with Crippen LogP contribution in [0, 0.1) is 0 Å². The van der Waals surface area contributed by atoms with Gasteiger partial charge in [-0.05, 0) is 44.2 Å². The summed E-state index contributed by atoms with van der Waals surface area (Å²) >= 11 is 0. The van der Waals surface area contributed by atoms with Gasteiger partial charge in [0.25, 0.3) is 5.91 Å². The molecule has 0 aliphatic carbocycles. The third-order valence-corrected chi connectivity index (χ3v) is 5.39. The van der Waals surface area contributed by atoms with Crippen molar-refractivity contribution in [1.82, 2.24) is 9.80 Å². The second kappa shape index (κ2) is 7.98. The van der Waals surface area contributed by atoms with Gasteiger partial charge in [0, 0.05) is 25.7 Å². The predicted octanol–water partition coefficient (Wildman–Crippen LogP) is 2.47. The molecule has 3 rings (SSSR count). The zero-order valence-corrected chi connectivity index (χ0v) is 15.7. The Morgan fingerprint density at radius 1 is 1.19 bits per heavy atom. The molecule has 142 valence electrons. The van der Waals surface area contributed by atoms with Crippen molar-refractivity contribution in [2.75, 3.05) is 33.4 Å². The Hall–Kier alpha value is -2.24. The number of likely N-dealkylation sites (tertiary alicyclic amines) is 2. The van der Waals surface area contributed by atoms with Crippen LogP contribution < -0.4 is 9.47 Å². The van der Waals surface area contributed by atoms with Crippen LogP contribution >= 0.6 is 0 Å². The molecule has 0 aromatic heterocycles. The highest BCUT2D eigenvalue weighted by Crippen LogP contribution is 2.38. The molecule has 26 heavy (non-hydrogen) atoms. The minimum Gasteiger partial charge on any atom is -0.497 e. The van der Waals surface area contributed by atoms with E-state index in [0.717, 1.165) is 45.2 Å². The Morgan fingerprint density at radius 3 is 2.65 bits per heavy atom. The van der Waals surface area contributed by atoms with E-state index >= 15 is 0 Å². The summed E-state index contributed by atoms with van der Waals surface area (Å²) in [6.45, 7) is 4.22. The number of amides is 2. The SMILES string of the molecule is CCCN1CCCC2(CCCN2C(=O)COc2cccc(OC)c2)C1=O. The molecule has 2 aliphatic rings. The molecule has 2 fully saturated rings. The highest BCUT2D eigenvalue weighted by molar-refractivity contribution is 5.93. The van der Waals surface area contributed by atoms with Gasteiger partial charge in [-0.3, -0.25) is 9.59 Å². The monoisotopic (exact) mass is 360 g/mol. The Morgan fingerprint density at radius 2 is 1.92 bits per heavy atom. The zero-order chi connectivity index (χ0) is 18.6. The molecule has 0 N–H and O–H groups in total. The fourth-order valence-electron chi connectivity index (χ4n) is 4.19. The number of hydrogen-bond acceptors (Lipinski definition) is 4. The van der Waals surface area contributed by atoms with Gasteiger partial charge in [0.1, 0.15) is 17.0 Å². The van der Waals surface area contributed by atoms with Crippen molar-refractivity contribution in [2.24, 2.45) is 0 Å². The molecule has 0 saturated carbocycles. The van der Waals surface area contributed by atoms with E-state index in [1.165, 1.54) is 0 Å². The first-order valence-corrected chi connectivity index (χ1v) is 9.47. The first-order chi connectivity index (χ1) is 12.6. The standard InChI is InChI=1S/C20H28N2O4/c1-3-11-21-12-5-9-20(19(21)24)10-6-13-22(20)18(23)15-26-17-8-4-7-16(14-17)25-2/h4,7-8,14H,3,5-6,9-13,15H2,1-2H3. The molecule has 6 nitrogen and oxygen atoms in total. The van der Waals surface area contributed by atoms with Gasteiger partial charge < -0.3 is 19.3 Å². The summed E-state index contributed by atoms with van der Waals surface area (Å²) in [6.07, 6.45) is 4.28. The lowest BCUT2D eigenvalue weighted by Crippen LogP contribution is -2.62. The summed E-state index contributed by atoms with van der Waals surface area (Å²) in [7, 11) is 1.59. The maximum atomic E-state index is 13.1. The van der Waals surface area contributed by atoms with E-state index in [-0.39, 0.29) is 18.4 Å². The molecule has 2 amide bonds. The Balaban J connectivity index is 1.68. The second-order valence-electron chi connectivity index (χ2n) is 7.04. The third kappa shape index (κ3) is 3.50. The average molecular weight is 360 g/mol. The summed E-state index contributed by atoms with van der Waals surface area (Å²) < 4.78 is 10.8. The van der Waals surface area contributed by atoms with Crippen molar-refractivity contribution in [2.45, 2.75) is 44.6 Å². The van der Waals surface area contributed by atoms with Crippen molar-refractivity contribution in [3.05, 3.63) is 24.3 Å². The smallest absolute Gasteiger partial charge is 0.261 e. The van der Waals surface area contributed by atoms with E-state index in [2.05, 4.69) is 6.92 Å². The molecule has 0 radical (unpaired) electrons. The lowest BCUT2D eigenvalue weighted by atomic mass is 9.85. The summed E-state index contributed by atoms with van der Waals surface area (Å²) in [5.74, 6) is 1.29. The Kier molecular flexibility index (Phi) is 5.69. The van der Waals surface area contributed by atoms with Crippen LogP contribution in [0.5, 0.6) is 11.5 Å². The van der Waals surface area contributed by atoms with Crippen molar-refractivity contribution < 1.29 is 19.1 Å². The number of benzene rings is 1. The lowest BCUT2D eigenvalue weighted by molar-refractivity contribution is -0.156. The van der Waals surface area contributed by atoms with E-state index in [0.29, 0.717) is 18.0 Å². The van der Waals surface area contributed by atoms with Gasteiger partial charge in [-0.15, -0.1) is 0 Å². The van der Waals surface area contributed by atoms with E-state index in [4.69, 9.17) is 9.47 Å². The van der Waals surface area contributed by atoms with Crippen molar-refractivity contribution >= 4 is 11.8 Å². The number of ether oxygens (including phenoxy) is 2. The van der Waals surface area contributed by atoms with Crippen LogP contribution in [0.15, 0.2) is 24.3 Å². The molecule has 1 aromatic rings. The number of carbonyl (C=O) groups excluding carboxylic acids is 2. The van der Waals surface area contributed by atoms with Crippen LogP contribution in [0.3, 0.4) is 0 Å². The summed E-state index contributed by atoms with van der Waals surface area (Å²) in [6, 6.07) is 7.20. The normalized spacial score (nSPS) is 22.8. The molecule has 2 saturated heterocycles. The maximum Gasteiger partial charge on any atom is 0.261 e. The Labute approximate surface area is 155 Å². The van der Waals surface area contributed by atoms with Gasteiger partial charge in [-0.1, -0.05) is 13.0 Å². The molecule has 1 unspecified atom stereocenters. The van der Waals surface area contributed by atoms with Gasteiger partial charge in [0.15, 0.2) is 6.61 Å². The summed E-state index contributed by atoms with van der Waals surface area (Å²) in [5.41, 5.74) is -0.651. The van der Waals surface area contributed by atoms with Crippen LogP contribution in [0.2, 0.25) is 0 Å². The Bertz CT molecular complexity index is 661. The molecular formula is C20H28N2O4. The van der Waals surface area contributed by atoms with Crippen LogP contribution in [0.25, 0.3) is 0 Å². The number of rotatable bonds is 6. The number of carbonyl (C=O) groups is 2. The van der Waals surface area contributed by atoms with Crippen LogP contribution in [-0.4, -0.2) is 60.5 Å². The number of hydrogen-bond donors (Lipinski definition) is 0. The molecular weight excluding hydrogens is 332 g/mol. The van der Waals surface area contributed by atoms with E-state index < -0.39 is 5.54 Å². The maximum absolute atomic E-state index is 13.1. The first-order valence-electron chi connectivity index (χ1n) is 9.47. The fourth-order valence-corrected chi connectivity index (χ4v) is 4.19. The van der Waals surface area contributed by atoms with Crippen LogP contribution in [0.1, 0.15) is 39.0 Å². The van der Waals surface area contributed by atoms with Crippen molar-refractivity contribution in [1.29, 1.82) is 0 Å². The molecule has 1 atom stereocenters. The third-order valence-electron chi connectivity index (χ3n) is 5.39. The van der Waals surface area contributed by atoms with E-state index in [1.54, 1.807) is 24.1 Å². The largest absolute Gasteiger partial charge is 0.497 e. The zero-order valence-electron chi connectivity index (χ0n) is 15.7. The van der Waals surface area contributed by atoms with Gasteiger partial charge in [-0.25, -0.2) is 0 Å². The summed E-state index contributed by atoms with van der Waals surface area (Å²) in [5, 5.41) is 0. The van der Waals surface area contributed by atoms with Gasteiger partial charge >= 0.3 is 0 Å². The van der Waals surface area contributed by atoms with Gasteiger partial charge in [0.05, 0.1) is 7.11 Å². The highest BCUT2D eigenvalue weighted by Gasteiger charge is 2.52. The average Bonchev–Trinajstić information content (AvgIpc) is 3.08. The number of nitrogens with zero attached hydrogens (tertiary/aromatic N) is 2. The van der Waals surface area contributed by atoms with Crippen LogP contribution in [0.4, 0.5) is 0 Å². The minimum absolute atomic E-state index is 0.0595. The predicted molar refractivity (Wildman–Crippen MR) is 98.3 cm³/mol. The molecule has 6 heteroatoms. The quantitative estimate of drug-likeness (QED) is 0.782. The van der Waals surface area contributed by atoms with Crippen LogP contribution in [-0.2, 0) is 9.59 Å². The van der Waals surface area contributed by atoms with E-state index in [9.17, 15) is 9.59 Å². The molecule has 2 aliphatic heterocycles. The summed E-state index contributed by atoms with van der Waals surface area (Å²) in [4.78, 5) is 29.6. The van der Waals surface area contributed by atoms with Crippen molar-refractivity contribution in [3.63, 3.8) is 0 Å².